The van der Waals surface area contributed by atoms with Gasteiger partial charge in [-0.25, -0.2) is 5.43 Å². The smallest absolute Gasteiger partial charge is 0.324 e. The molecule has 2 aromatic carbocycles. The normalized spacial score (nSPS) is 20.9. The Labute approximate surface area is 416 Å². The zero-order valence-electron chi connectivity index (χ0n) is 43.1. The third kappa shape index (κ3) is 11.6. The third-order valence-electron chi connectivity index (χ3n) is 14.0. The quantitative estimate of drug-likeness (QED) is 0.128. The van der Waals surface area contributed by atoms with Gasteiger partial charge in [-0.05, 0) is 97.7 Å². The van der Waals surface area contributed by atoms with Crippen LogP contribution in [0.5, 0.6) is 5.75 Å². The number of aryl methyl sites for hydroxylation is 1. The summed E-state index contributed by atoms with van der Waals surface area (Å²) in [4.78, 5) is 93.2. The Morgan fingerprint density at radius 1 is 1.01 bits per heavy atom. The van der Waals surface area contributed by atoms with Crippen molar-refractivity contribution in [3.05, 3.63) is 71.5 Å². The summed E-state index contributed by atoms with van der Waals surface area (Å²) in [6.45, 7) is 13.0. The van der Waals surface area contributed by atoms with Crippen molar-refractivity contribution < 1.29 is 43.3 Å². The predicted molar refractivity (Wildman–Crippen MR) is 268 cm³/mol. The molecule has 3 N–H and O–H groups in total. The maximum Gasteiger partial charge on any atom is 0.324 e. The van der Waals surface area contributed by atoms with Crippen LogP contribution in [0.3, 0.4) is 0 Å². The number of carbonyl (C=O) groups excluding carboxylic acids is 6. The van der Waals surface area contributed by atoms with Gasteiger partial charge in [0.25, 0.3) is 5.91 Å². The van der Waals surface area contributed by atoms with Crippen LogP contribution in [0, 0.1) is 11.3 Å². The molecule has 71 heavy (non-hydrogen) atoms. The van der Waals surface area contributed by atoms with Crippen LogP contribution in [0.15, 0.2) is 54.7 Å². The number of hydrazine groups is 1. The highest BCUT2D eigenvalue weighted by Gasteiger charge is 2.44. The lowest BCUT2D eigenvalue weighted by Crippen LogP contribution is -2.62. The number of hydrogen-bond donors (Lipinski definition) is 3. The molecule has 1 unspecified atom stereocenters. The van der Waals surface area contributed by atoms with Gasteiger partial charge in [-0.15, -0.1) is 0 Å². The van der Waals surface area contributed by atoms with E-state index in [1.54, 1.807) is 58.3 Å². The van der Waals surface area contributed by atoms with E-state index in [4.69, 9.17) is 14.5 Å². The van der Waals surface area contributed by atoms with Crippen molar-refractivity contribution in [3.8, 4) is 28.1 Å². The standard InChI is InChI=1S/C53H71N9O9/c1-12-61-42-18-17-34-25-38(42)39(48(61)37-15-13-19-54-46(37)32(4)70-11)26-53(5,6)30-71-52(69)40-16-14-20-62(56-40)50(67)41(23-33-21-35(34)24-36(63)22-33)55-49(66)47(31(2)3)59(10)45(65)28-58(9)51(68)43-27-60(43)29-44(64)57(7)8/h13,15,17-19,21-22,24-25,31-32,40-41,43,47,56,63H,12,14,16,20,23,26-30H2,1-11H3,(H,55,66)/t32-,40-,41-,43-,47-,60?/m0/s1. The number of cyclic esters (lactones) is 1. The number of carbonyl (C=O) groups is 6. The first-order chi connectivity index (χ1) is 33.6. The number of rotatable bonds is 13. The average Bonchev–Trinajstić information content (AvgIpc) is 4.04. The minimum Gasteiger partial charge on any atom is -0.508 e. The number of fused-ring (bicyclic) bond motifs is 6. The van der Waals surface area contributed by atoms with Crippen molar-refractivity contribution in [3.63, 3.8) is 0 Å². The minimum absolute atomic E-state index is 0.0344. The molecule has 18 nitrogen and oxygen atoms in total. The highest BCUT2D eigenvalue weighted by atomic mass is 16.5. The Morgan fingerprint density at radius 3 is 2.45 bits per heavy atom. The molecule has 0 radical (unpaired) electrons. The first kappa shape index (κ1) is 52.5. The molecule has 3 aliphatic heterocycles. The van der Waals surface area contributed by atoms with Crippen molar-refractivity contribution in [2.24, 2.45) is 11.3 Å². The highest BCUT2D eigenvalue weighted by Crippen LogP contribution is 2.42. The summed E-state index contributed by atoms with van der Waals surface area (Å²) >= 11 is 0. The number of aromatic hydroxyl groups is 1. The molecule has 4 aromatic rings. The van der Waals surface area contributed by atoms with E-state index in [2.05, 4.69) is 54.3 Å². The number of hydrogen-bond acceptors (Lipinski definition) is 12. The van der Waals surface area contributed by atoms with Gasteiger partial charge in [0.05, 0.1) is 37.2 Å². The molecule has 6 bridgehead atoms. The molecule has 382 valence electrons. The van der Waals surface area contributed by atoms with Gasteiger partial charge in [-0.2, -0.15) is 0 Å². The maximum absolute atomic E-state index is 14.8. The van der Waals surface area contributed by atoms with Crippen molar-refractivity contribution in [2.45, 2.75) is 104 Å². The molecule has 6 atom stereocenters. The van der Waals surface area contributed by atoms with Gasteiger partial charge in [0.1, 0.15) is 29.9 Å². The number of methoxy groups -OCH3 is 1. The number of amides is 5. The first-order valence-electron chi connectivity index (χ1n) is 24.6. The van der Waals surface area contributed by atoms with E-state index in [-0.39, 0.29) is 56.3 Å². The van der Waals surface area contributed by atoms with Gasteiger partial charge in [0.15, 0.2) is 0 Å². The van der Waals surface area contributed by atoms with Gasteiger partial charge >= 0.3 is 5.97 Å². The molecule has 3 aliphatic rings. The largest absolute Gasteiger partial charge is 0.508 e. The number of benzene rings is 2. The molecular weight excluding hydrogens is 907 g/mol. The molecule has 2 aromatic heterocycles. The zero-order chi connectivity index (χ0) is 51.6. The summed E-state index contributed by atoms with van der Waals surface area (Å²) in [6, 6.07) is 11.7. The highest BCUT2D eigenvalue weighted by molar-refractivity contribution is 5.97. The van der Waals surface area contributed by atoms with E-state index in [1.807, 2.05) is 25.1 Å². The van der Waals surface area contributed by atoms with Crippen molar-refractivity contribution in [2.75, 3.05) is 68.1 Å². The number of pyridine rings is 1. The SMILES string of the molecule is CCn1c(-c2cccnc2[C@H](C)OC)c2c3cc(ccc31)-c1cc(O)cc(c1)C[C@H](NC(=O)[C@H](C(C)C)N(C)C(=O)CN(C)C(=O)[C@@H]1CN1CC(=O)N(C)C)C(=O)N1CCC[C@H](N1)C(=O)OCC(C)(C)C2. The monoisotopic (exact) mass is 978 g/mol. The van der Waals surface area contributed by atoms with Crippen LogP contribution in [-0.4, -0.2) is 167 Å². The minimum atomic E-state index is -1.21. The molecule has 0 saturated carbocycles. The van der Waals surface area contributed by atoms with Crippen LogP contribution in [0.1, 0.15) is 77.3 Å². The zero-order valence-corrected chi connectivity index (χ0v) is 43.1. The Kier molecular flexibility index (Phi) is 15.9. The van der Waals surface area contributed by atoms with Gasteiger partial charge in [-0.1, -0.05) is 39.8 Å². The van der Waals surface area contributed by atoms with Gasteiger partial charge < -0.3 is 39.2 Å². The van der Waals surface area contributed by atoms with Crippen LogP contribution in [0.2, 0.25) is 0 Å². The summed E-state index contributed by atoms with van der Waals surface area (Å²) in [7, 11) is 7.97. The van der Waals surface area contributed by atoms with Crippen molar-refractivity contribution in [1.82, 2.24) is 44.9 Å². The fraction of sp³-hybridized carbons (Fsp3) is 0.528. The lowest BCUT2D eigenvalue weighted by atomic mass is 9.84. The second-order valence-corrected chi connectivity index (χ2v) is 20.7. The number of nitrogens with one attached hydrogen (secondary N) is 2. The molecular formula is C53H71N9O9. The van der Waals surface area contributed by atoms with Gasteiger partial charge in [-0.3, -0.25) is 43.7 Å². The fourth-order valence-corrected chi connectivity index (χ4v) is 9.95. The second-order valence-electron chi connectivity index (χ2n) is 20.7. The van der Waals surface area contributed by atoms with Crippen LogP contribution in [0.25, 0.3) is 33.3 Å². The number of phenolic OH excluding ortho intramolecular Hbond substituents is 1. The van der Waals surface area contributed by atoms with Gasteiger partial charge in [0.2, 0.25) is 23.6 Å². The topological polar surface area (TPSA) is 199 Å². The fourth-order valence-electron chi connectivity index (χ4n) is 9.95. The molecule has 0 spiro atoms. The van der Waals surface area contributed by atoms with E-state index in [1.165, 1.54) is 33.8 Å². The molecule has 2 fully saturated rings. The third-order valence-corrected chi connectivity index (χ3v) is 14.0. The van der Waals surface area contributed by atoms with Crippen molar-refractivity contribution >= 4 is 46.4 Å². The summed E-state index contributed by atoms with van der Waals surface area (Å²) in [5.74, 6) is -3.00. The number of phenols is 1. The maximum atomic E-state index is 14.8. The number of likely N-dealkylation sites (N-methyl/N-ethyl adjacent to an activating group) is 3. The number of esters is 1. The second kappa shape index (κ2) is 21.5. The number of aromatic nitrogens is 2. The number of ether oxygens (including phenoxy) is 2. The summed E-state index contributed by atoms with van der Waals surface area (Å²) in [5, 5.41) is 16.7. The van der Waals surface area contributed by atoms with E-state index in [0.717, 1.165) is 39.0 Å². The van der Waals surface area contributed by atoms with Crippen LogP contribution in [-0.2, 0) is 57.6 Å². The Morgan fingerprint density at radius 2 is 1.76 bits per heavy atom. The summed E-state index contributed by atoms with van der Waals surface area (Å²) in [6.07, 6.45) is 2.85. The lowest BCUT2D eigenvalue weighted by molar-refractivity contribution is -0.155. The van der Waals surface area contributed by atoms with Crippen LogP contribution < -0.4 is 10.7 Å². The molecule has 7 rings (SSSR count). The van der Waals surface area contributed by atoms with E-state index in [9.17, 15) is 33.9 Å². The van der Waals surface area contributed by atoms with Crippen LogP contribution >= 0.6 is 0 Å². The number of nitrogens with zero attached hydrogens (tertiary/aromatic N) is 7. The van der Waals surface area contributed by atoms with Crippen LogP contribution in [0.4, 0.5) is 0 Å². The lowest BCUT2D eigenvalue weighted by Gasteiger charge is -2.37. The Hall–Kier alpha value is -6.37. The average molecular weight is 978 g/mol. The molecule has 5 heterocycles. The first-order valence-corrected chi connectivity index (χ1v) is 24.6. The van der Waals surface area contributed by atoms with E-state index in [0.29, 0.717) is 43.5 Å². The Bertz CT molecular complexity index is 2680. The van der Waals surface area contributed by atoms with Crippen molar-refractivity contribution in [1.29, 1.82) is 0 Å². The van der Waals surface area contributed by atoms with E-state index < -0.39 is 59.2 Å². The van der Waals surface area contributed by atoms with Gasteiger partial charge in [0, 0.05) is 89.4 Å². The predicted octanol–water partition coefficient (Wildman–Crippen LogP) is 4.17. The Balaban J connectivity index is 1.24. The molecule has 18 heteroatoms. The summed E-state index contributed by atoms with van der Waals surface area (Å²) < 4.78 is 14.2. The molecule has 2 saturated heterocycles. The van der Waals surface area contributed by atoms with E-state index >= 15 is 0 Å². The molecule has 0 aliphatic carbocycles. The molecule has 5 amide bonds. The summed E-state index contributed by atoms with van der Waals surface area (Å²) in [5.41, 5.74) is 9.36.